The largest absolute Gasteiger partial charge is 0.377 e. The predicted molar refractivity (Wildman–Crippen MR) is 71.5 cm³/mol. The Morgan fingerprint density at radius 1 is 1.28 bits per heavy atom. The van der Waals surface area contributed by atoms with Crippen molar-refractivity contribution in [3.05, 3.63) is 0 Å². The Hall–Kier alpha value is -0.610. The minimum absolute atomic E-state index is 0.237. The zero-order valence-corrected chi connectivity index (χ0v) is 11.5. The minimum atomic E-state index is 0.237. The van der Waals surface area contributed by atoms with Gasteiger partial charge in [0, 0.05) is 19.1 Å². The van der Waals surface area contributed by atoms with Crippen LogP contribution < -0.4 is 5.32 Å². The minimum Gasteiger partial charge on any atom is -0.377 e. The molecule has 2 rings (SSSR count). The number of rotatable bonds is 8. The van der Waals surface area contributed by atoms with Gasteiger partial charge in [-0.3, -0.25) is 4.79 Å². The van der Waals surface area contributed by atoms with E-state index < -0.39 is 0 Å². The quantitative estimate of drug-likeness (QED) is 0.668. The number of likely N-dealkylation sites (N-methyl/N-ethyl adjacent to an activating group) is 1. The maximum absolute atomic E-state index is 11.9. The van der Waals surface area contributed by atoms with E-state index in [2.05, 4.69) is 12.2 Å². The molecule has 0 unspecified atom stereocenters. The van der Waals surface area contributed by atoms with Gasteiger partial charge in [0.25, 0.3) is 0 Å². The van der Waals surface area contributed by atoms with Crippen LogP contribution in [-0.4, -0.2) is 49.2 Å². The Bertz CT molecular complexity index is 261. The molecule has 1 amide bonds. The number of nitrogens with zero attached hydrogens (tertiary/aromatic N) is 1. The maximum atomic E-state index is 11.9. The third kappa shape index (κ3) is 4.25. The zero-order chi connectivity index (χ0) is 12.8. The van der Waals surface area contributed by atoms with Gasteiger partial charge in [-0.1, -0.05) is 12.8 Å². The van der Waals surface area contributed by atoms with Crippen molar-refractivity contribution in [3.63, 3.8) is 0 Å². The van der Waals surface area contributed by atoms with Crippen LogP contribution in [0.4, 0.5) is 0 Å². The normalized spacial score (nSPS) is 20.3. The molecule has 0 aliphatic heterocycles. The van der Waals surface area contributed by atoms with E-state index in [1.165, 1.54) is 38.5 Å². The van der Waals surface area contributed by atoms with Crippen molar-refractivity contribution in [3.8, 4) is 0 Å². The molecule has 0 bridgehead atoms. The third-order valence-electron chi connectivity index (χ3n) is 3.86. The lowest BCUT2D eigenvalue weighted by Crippen LogP contribution is -2.40. The van der Waals surface area contributed by atoms with Crippen molar-refractivity contribution < 1.29 is 9.53 Å². The molecule has 2 aliphatic rings. The van der Waals surface area contributed by atoms with Gasteiger partial charge in [-0.25, -0.2) is 0 Å². The molecule has 2 fully saturated rings. The summed E-state index contributed by atoms with van der Waals surface area (Å²) < 4.78 is 5.74. The van der Waals surface area contributed by atoms with Gasteiger partial charge in [-0.15, -0.1) is 0 Å². The molecule has 2 aliphatic carbocycles. The second kappa shape index (κ2) is 7.10. The van der Waals surface area contributed by atoms with Gasteiger partial charge in [-0.05, 0) is 32.6 Å². The Morgan fingerprint density at radius 2 is 2.00 bits per heavy atom. The highest BCUT2D eigenvalue weighted by Crippen LogP contribution is 2.26. The maximum Gasteiger partial charge on any atom is 0.236 e. The van der Waals surface area contributed by atoms with Crippen LogP contribution in [0.2, 0.25) is 0 Å². The van der Waals surface area contributed by atoms with E-state index in [4.69, 9.17) is 4.74 Å². The Morgan fingerprint density at radius 3 is 2.61 bits per heavy atom. The van der Waals surface area contributed by atoms with Crippen LogP contribution in [0.3, 0.4) is 0 Å². The van der Waals surface area contributed by atoms with E-state index in [1.807, 2.05) is 4.90 Å². The monoisotopic (exact) mass is 254 g/mol. The van der Waals surface area contributed by atoms with Crippen LogP contribution >= 0.6 is 0 Å². The van der Waals surface area contributed by atoms with Crippen LogP contribution in [0.5, 0.6) is 0 Å². The molecule has 0 aromatic rings. The fraction of sp³-hybridized carbons (Fsp3) is 0.929. The average Bonchev–Trinajstić information content (AvgIpc) is 3.06. The number of hydrogen-bond donors (Lipinski definition) is 1. The number of ether oxygens (including phenoxy) is 1. The number of nitrogens with one attached hydrogen (secondary N) is 1. The van der Waals surface area contributed by atoms with E-state index in [0.29, 0.717) is 18.7 Å². The van der Waals surface area contributed by atoms with Crippen LogP contribution in [0.25, 0.3) is 0 Å². The van der Waals surface area contributed by atoms with Gasteiger partial charge in [0.15, 0.2) is 0 Å². The van der Waals surface area contributed by atoms with E-state index in [0.717, 1.165) is 19.7 Å². The highest BCUT2D eigenvalue weighted by molar-refractivity contribution is 5.78. The van der Waals surface area contributed by atoms with Gasteiger partial charge in [0.05, 0.1) is 19.3 Å². The number of amides is 1. The number of carbonyl (C=O) groups is 1. The summed E-state index contributed by atoms with van der Waals surface area (Å²) >= 11 is 0. The molecule has 4 heteroatoms. The van der Waals surface area contributed by atoms with Gasteiger partial charge >= 0.3 is 0 Å². The molecule has 1 N–H and O–H groups in total. The van der Waals surface area contributed by atoms with Crippen molar-refractivity contribution in [1.82, 2.24) is 10.2 Å². The summed E-state index contributed by atoms with van der Waals surface area (Å²) in [6.45, 7) is 4.86. The first-order valence-corrected chi connectivity index (χ1v) is 7.43. The molecular formula is C14H26N2O2. The molecule has 0 saturated heterocycles. The average molecular weight is 254 g/mol. The summed E-state index contributed by atoms with van der Waals surface area (Å²) in [4.78, 5) is 13.9. The zero-order valence-electron chi connectivity index (χ0n) is 11.5. The van der Waals surface area contributed by atoms with E-state index in [9.17, 15) is 4.79 Å². The topological polar surface area (TPSA) is 41.6 Å². The van der Waals surface area contributed by atoms with Gasteiger partial charge < -0.3 is 15.0 Å². The third-order valence-corrected chi connectivity index (χ3v) is 3.86. The lowest BCUT2D eigenvalue weighted by Gasteiger charge is -2.20. The first kappa shape index (κ1) is 13.8. The van der Waals surface area contributed by atoms with Crippen molar-refractivity contribution in [2.75, 3.05) is 26.2 Å². The predicted octanol–water partition coefficient (Wildman–Crippen LogP) is 1.55. The molecule has 0 heterocycles. The Labute approximate surface area is 110 Å². The highest BCUT2D eigenvalue weighted by Gasteiger charge is 2.30. The second-order valence-electron chi connectivity index (χ2n) is 5.36. The fourth-order valence-electron chi connectivity index (χ4n) is 2.67. The van der Waals surface area contributed by atoms with Crippen LogP contribution in [0.15, 0.2) is 0 Å². The molecular weight excluding hydrogens is 228 g/mol. The van der Waals surface area contributed by atoms with Crippen LogP contribution in [0, 0.1) is 0 Å². The summed E-state index contributed by atoms with van der Waals surface area (Å²) in [5.41, 5.74) is 0. The molecule has 0 atom stereocenters. The smallest absolute Gasteiger partial charge is 0.236 e. The van der Waals surface area contributed by atoms with Crippen molar-refractivity contribution in [2.45, 2.75) is 57.6 Å². The summed E-state index contributed by atoms with van der Waals surface area (Å²) in [7, 11) is 0. The summed E-state index contributed by atoms with van der Waals surface area (Å²) in [5, 5.41) is 3.19. The summed E-state index contributed by atoms with van der Waals surface area (Å²) in [6.07, 6.45) is 7.89. The highest BCUT2D eigenvalue weighted by atomic mass is 16.5. The van der Waals surface area contributed by atoms with Crippen molar-refractivity contribution in [2.24, 2.45) is 0 Å². The van der Waals surface area contributed by atoms with Crippen molar-refractivity contribution >= 4 is 5.91 Å². The van der Waals surface area contributed by atoms with Gasteiger partial charge in [-0.2, -0.15) is 0 Å². The number of hydrogen-bond acceptors (Lipinski definition) is 3. The standard InChI is InChI=1S/C14H26N2O2/c1-2-16(12-7-8-12)14(17)11-15-9-10-18-13-5-3-4-6-13/h12-13,15H,2-11H2,1H3. The van der Waals surface area contributed by atoms with Gasteiger partial charge in [0.1, 0.15) is 0 Å². The Kier molecular flexibility index (Phi) is 5.45. The number of carbonyl (C=O) groups excluding carboxylic acids is 1. The fourth-order valence-corrected chi connectivity index (χ4v) is 2.67. The molecule has 0 aromatic carbocycles. The molecule has 104 valence electrons. The molecule has 0 radical (unpaired) electrons. The van der Waals surface area contributed by atoms with E-state index in [-0.39, 0.29) is 5.91 Å². The van der Waals surface area contributed by atoms with Gasteiger partial charge in [0.2, 0.25) is 5.91 Å². The lowest BCUT2D eigenvalue weighted by molar-refractivity contribution is -0.130. The summed E-state index contributed by atoms with van der Waals surface area (Å²) in [5.74, 6) is 0.237. The van der Waals surface area contributed by atoms with Crippen LogP contribution in [0.1, 0.15) is 45.4 Å². The second-order valence-corrected chi connectivity index (χ2v) is 5.36. The molecule has 4 nitrogen and oxygen atoms in total. The molecule has 18 heavy (non-hydrogen) atoms. The first-order chi connectivity index (χ1) is 8.81. The molecule has 2 saturated carbocycles. The van der Waals surface area contributed by atoms with Crippen molar-refractivity contribution in [1.29, 1.82) is 0 Å². The first-order valence-electron chi connectivity index (χ1n) is 7.43. The van der Waals surface area contributed by atoms with E-state index in [1.54, 1.807) is 0 Å². The molecule has 0 spiro atoms. The lowest BCUT2D eigenvalue weighted by atomic mass is 10.3. The Balaban J connectivity index is 1.50. The summed E-state index contributed by atoms with van der Waals surface area (Å²) in [6, 6.07) is 0.527. The van der Waals surface area contributed by atoms with E-state index >= 15 is 0 Å². The van der Waals surface area contributed by atoms with Crippen LogP contribution in [-0.2, 0) is 9.53 Å². The SMILES string of the molecule is CCN(C(=O)CNCCOC1CCCC1)C1CC1. The molecule has 0 aromatic heterocycles.